The van der Waals surface area contributed by atoms with Crippen LogP contribution in [-0.2, 0) is 27.3 Å². The second kappa shape index (κ2) is 11.0. The van der Waals surface area contributed by atoms with Gasteiger partial charge in [-0.2, -0.15) is 0 Å². The zero-order chi connectivity index (χ0) is 32.6. The van der Waals surface area contributed by atoms with Gasteiger partial charge in [-0.25, -0.2) is 8.78 Å². The summed E-state index contributed by atoms with van der Waals surface area (Å²) in [5, 5.41) is 34.1. The summed E-state index contributed by atoms with van der Waals surface area (Å²) in [6, 6.07) is 4.10. The molecule has 3 unspecified atom stereocenters. The van der Waals surface area contributed by atoms with Gasteiger partial charge in [0.1, 0.15) is 22.7 Å². The Kier molecular flexibility index (Phi) is 7.69. The Morgan fingerprint density at radius 2 is 1.84 bits per heavy atom. The normalized spacial score (nSPS) is 31.5. The number of hydrogen-bond acceptors (Lipinski definition) is 9. The fourth-order valence-electron chi connectivity index (χ4n) is 8.41. The van der Waals surface area contributed by atoms with E-state index in [9.17, 15) is 38.5 Å². The summed E-state index contributed by atoms with van der Waals surface area (Å²) in [7, 11) is 3.42. The summed E-state index contributed by atoms with van der Waals surface area (Å²) >= 11 is 0. The fraction of sp³-hybridized carbons (Fsp3) is 0.545. The maximum atomic E-state index is 14.2. The van der Waals surface area contributed by atoms with E-state index in [1.807, 2.05) is 4.90 Å². The van der Waals surface area contributed by atoms with Crippen molar-refractivity contribution in [1.82, 2.24) is 9.80 Å². The van der Waals surface area contributed by atoms with Crippen molar-refractivity contribution in [3.63, 3.8) is 0 Å². The minimum Gasteiger partial charge on any atom is -0.507 e. The van der Waals surface area contributed by atoms with Crippen molar-refractivity contribution in [2.24, 2.45) is 28.9 Å². The van der Waals surface area contributed by atoms with Gasteiger partial charge in [-0.15, -0.1) is 0 Å². The lowest BCUT2D eigenvalue weighted by Crippen LogP contribution is -2.70. The summed E-state index contributed by atoms with van der Waals surface area (Å²) in [6.07, 6.45) is 0.0129. The molecule has 2 aromatic rings. The van der Waals surface area contributed by atoms with Gasteiger partial charge in [0.25, 0.3) is 5.92 Å². The first-order valence-corrected chi connectivity index (χ1v) is 15.4. The number of hydrogen-bond donors (Lipinski definition) is 4. The highest BCUT2D eigenvalue weighted by atomic mass is 19.3. The molecule has 1 aliphatic heterocycles. The largest absolute Gasteiger partial charge is 0.507 e. The van der Waals surface area contributed by atoms with Gasteiger partial charge >= 0.3 is 0 Å². The molecule has 12 heteroatoms. The minimum atomic E-state index is -2.67. The van der Waals surface area contributed by atoms with Gasteiger partial charge in [0.2, 0.25) is 5.91 Å². The first-order valence-electron chi connectivity index (χ1n) is 15.4. The monoisotopic (exact) mass is 627 g/mol. The standard InChI is InChI=1S/C33H39F2N3O7/c1-4-33(31(36)44)29(42)24-20(25(30(33)43)37(2)3)14-17-13-19-18(5-6-21(39)23(19)26(40)22(17)27(24)41)28-16(7-12-45-28)15-38-10-8-32(34,35)9-11-38/h5-7,12,17,20,24-25,30,39-40,43H,4,8-11,13-15H2,1-3H3,(H2,36,44)/t17-,20+,24?,25-,30?,33?/m0/s1. The van der Waals surface area contributed by atoms with Crippen molar-refractivity contribution in [2.45, 2.75) is 63.6 Å². The van der Waals surface area contributed by atoms with E-state index in [1.54, 1.807) is 38.1 Å². The number of fused-ring (bicyclic) bond motifs is 3. The van der Waals surface area contributed by atoms with Crippen molar-refractivity contribution in [3.8, 4) is 17.1 Å². The molecule has 6 rings (SSSR count). The fourth-order valence-corrected chi connectivity index (χ4v) is 8.41. The number of carbonyl (C=O) groups is 3. The predicted octanol–water partition coefficient (Wildman–Crippen LogP) is 3.29. The van der Waals surface area contributed by atoms with Gasteiger partial charge in [0.15, 0.2) is 11.6 Å². The number of alkyl halides is 2. The first-order chi connectivity index (χ1) is 21.2. The van der Waals surface area contributed by atoms with E-state index >= 15 is 0 Å². The number of rotatable bonds is 6. The highest BCUT2D eigenvalue weighted by Crippen LogP contribution is 2.54. The number of carbonyl (C=O) groups excluding carboxylic acids is 3. The molecule has 1 saturated heterocycles. The number of aromatic hydroxyl groups is 1. The third kappa shape index (κ3) is 4.71. The second-order valence-electron chi connectivity index (χ2n) is 13.3. The Bertz CT molecular complexity index is 1590. The van der Waals surface area contributed by atoms with Gasteiger partial charge in [-0.3, -0.25) is 19.3 Å². The zero-order valence-corrected chi connectivity index (χ0v) is 25.6. The topological polar surface area (TPSA) is 158 Å². The molecule has 0 radical (unpaired) electrons. The highest BCUT2D eigenvalue weighted by molar-refractivity contribution is 6.21. The van der Waals surface area contributed by atoms with Crippen LogP contribution in [0.25, 0.3) is 17.1 Å². The summed E-state index contributed by atoms with van der Waals surface area (Å²) in [4.78, 5) is 44.6. The average molecular weight is 628 g/mol. The number of piperidine rings is 1. The summed E-state index contributed by atoms with van der Waals surface area (Å²) in [6.45, 7) is 2.42. The van der Waals surface area contributed by atoms with E-state index in [2.05, 4.69) is 0 Å². The SMILES string of the molecule is CCC1(C(N)=O)C(=O)C2C(=O)C3=C(O)c4c(O)ccc(-c5occc5CN5CCC(F)(F)CC5)c4C[C@H]3C[C@H]2[C@H](N(C)C)C1O. The van der Waals surface area contributed by atoms with Crippen LogP contribution in [0.2, 0.25) is 0 Å². The van der Waals surface area contributed by atoms with Gasteiger partial charge in [0.05, 0.1) is 23.8 Å². The summed E-state index contributed by atoms with van der Waals surface area (Å²) < 4.78 is 33.4. The lowest BCUT2D eigenvalue weighted by atomic mass is 9.52. The molecule has 1 aromatic carbocycles. The summed E-state index contributed by atoms with van der Waals surface area (Å²) in [5.41, 5.74) is 5.75. The number of ketones is 2. The second-order valence-corrected chi connectivity index (χ2v) is 13.3. The number of nitrogens with zero attached hydrogens (tertiary/aromatic N) is 2. The third-order valence-electron chi connectivity index (χ3n) is 10.7. The molecule has 6 atom stereocenters. The van der Waals surface area contributed by atoms with Gasteiger partial charge in [0, 0.05) is 55.2 Å². The van der Waals surface area contributed by atoms with E-state index in [0.717, 1.165) is 5.56 Å². The number of phenolic OH excluding ortho intramolecular Hbond substituents is 1. The molecule has 0 bridgehead atoms. The molecule has 0 spiro atoms. The number of nitrogens with two attached hydrogens (primary N) is 1. The molecule has 1 aromatic heterocycles. The number of Topliss-reactive ketones (excluding diaryl/α,β-unsaturated/α-hetero) is 2. The minimum absolute atomic E-state index is 0.0156. The Morgan fingerprint density at radius 3 is 2.47 bits per heavy atom. The number of primary amides is 1. The van der Waals surface area contributed by atoms with Crippen LogP contribution in [-0.4, -0.2) is 87.8 Å². The molecule has 4 aliphatic rings. The summed E-state index contributed by atoms with van der Waals surface area (Å²) in [5.74, 6) is -7.77. The van der Waals surface area contributed by atoms with Crippen molar-refractivity contribution in [1.29, 1.82) is 0 Å². The van der Waals surface area contributed by atoms with Gasteiger partial charge in [-0.05, 0) is 69.0 Å². The van der Waals surface area contributed by atoms with Crippen LogP contribution in [0.4, 0.5) is 8.78 Å². The molecule has 10 nitrogen and oxygen atoms in total. The maximum absolute atomic E-state index is 14.2. The number of likely N-dealkylation sites (tertiary alicyclic amines) is 1. The van der Waals surface area contributed by atoms with Crippen molar-refractivity contribution >= 4 is 23.2 Å². The van der Waals surface area contributed by atoms with Crippen LogP contribution in [0.1, 0.15) is 49.3 Å². The molecule has 3 fully saturated rings. The third-order valence-corrected chi connectivity index (χ3v) is 10.7. The van der Waals surface area contributed by atoms with Crippen LogP contribution in [0.3, 0.4) is 0 Å². The molecule has 1 amide bonds. The Hall–Kier alpha value is -3.61. The smallest absolute Gasteiger partial charge is 0.250 e. The van der Waals surface area contributed by atoms with E-state index < -0.39 is 64.5 Å². The average Bonchev–Trinajstić information content (AvgIpc) is 3.42. The Morgan fingerprint density at radius 1 is 1.16 bits per heavy atom. The molecule has 5 N–H and O–H groups in total. The number of benzene rings is 1. The Labute approximate surface area is 259 Å². The molecule has 45 heavy (non-hydrogen) atoms. The number of furan rings is 1. The van der Waals surface area contributed by atoms with Crippen LogP contribution < -0.4 is 5.73 Å². The van der Waals surface area contributed by atoms with Crippen molar-refractivity contribution in [3.05, 3.63) is 46.7 Å². The van der Waals surface area contributed by atoms with E-state index in [4.69, 9.17) is 10.2 Å². The van der Waals surface area contributed by atoms with E-state index in [1.165, 1.54) is 12.3 Å². The molecule has 242 valence electrons. The zero-order valence-electron chi connectivity index (χ0n) is 25.6. The molecule has 3 aliphatic carbocycles. The Balaban J connectivity index is 1.42. The quantitative estimate of drug-likeness (QED) is 0.353. The number of halogens is 2. The number of likely N-dealkylation sites (N-methyl/N-ethyl adjacent to an activating group) is 1. The van der Waals surface area contributed by atoms with Crippen LogP contribution in [0.15, 0.2) is 34.5 Å². The van der Waals surface area contributed by atoms with Gasteiger partial charge in [-0.1, -0.05) is 6.92 Å². The molecule has 2 saturated carbocycles. The predicted molar refractivity (Wildman–Crippen MR) is 159 cm³/mol. The van der Waals surface area contributed by atoms with Crippen molar-refractivity contribution in [2.75, 3.05) is 27.2 Å². The van der Waals surface area contributed by atoms with Crippen LogP contribution in [0, 0.1) is 23.2 Å². The first kappa shape index (κ1) is 31.4. The van der Waals surface area contributed by atoms with E-state index in [-0.39, 0.29) is 62.1 Å². The lowest BCUT2D eigenvalue weighted by Gasteiger charge is -2.54. The number of amides is 1. The molecular formula is C33H39F2N3O7. The number of aliphatic hydroxyl groups excluding tert-OH is 2. The highest BCUT2D eigenvalue weighted by Gasteiger charge is 2.65. The molecule has 2 heterocycles. The number of aliphatic hydroxyl groups is 2. The molecular weight excluding hydrogens is 588 g/mol. The number of allylic oxidation sites excluding steroid dienone is 1. The number of phenols is 1. The van der Waals surface area contributed by atoms with Crippen molar-refractivity contribution < 1.29 is 42.9 Å². The van der Waals surface area contributed by atoms with Crippen LogP contribution in [0.5, 0.6) is 5.75 Å². The van der Waals surface area contributed by atoms with Crippen LogP contribution >= 0.6 is 0 Å². The maximum Gasteiger partial charge on any atom is 0.250 e. The lowest BCUT2D eigenvalue weighted by molar-refractivity contribution is -0.172. The van der Waals surface area contributed by atoms with Gasteiger partial charge < -0.3 is 30.4 Å². The van der Waals surface area contributed by atoms with E-state index in [0.29, 0.717) is 23.4 Å².